The molecule has 1 heterocycles. The number of carboxylic acids is 1. The molecule has 1 aliphatic carbocycles. The number of carboxylic acid groups (broad SMARTS) is 1. The maximum absolute atomic E-state index is 11.9. The van der Waals surface area contributed by atoms with Crippen LogP contribution in [0.4, 0.5) is 4.79 Å². The van der Waals surface area contributed by atoms with Crippen molar-refractivity contribution in [3.05, 3.63) is 0 Å². The molecule has 0 aromatic heterocycles. The minimum atomic E-state index is -1.23. The Labute approximate surface area is 118 Å². The van der Waals surface area contributed by atoms with E-state index in [1.807, 2.05) is 0 Å². The van der Waals surface area contributed by atoms with Gasteiger partial charge in [0.05, 0.1) is 6.61 Å². The molecule has 7 heteroatoms. The van der Waals surface area contributed by atoms with Crippen LogP contribution in [0.15, 0.2) is 0 Å². The molecule has 2 aliphatic rings. The Kier molecular flexibility index (Phi) is 5.19. The van der Waals surface area contributed by atoms with Crippen LogP contribution in [-0.4, -0.2) is 76.9 Å². The first-order chi connectivity index (χ1) is 9.61. The number of carbonyl (C=O) groups excluding carboxylic acids is 1. The maximum atomic E-state index is 11.9. The number of urea groups is 1. The van der Waals surface area contributed by atoms with Gasteiger partial charge in [-0.25, -0.2) is 9.59 Å². The van der Waals surface area contributed by atoms with E-state index < -0.39 is 24.6 Å². The van der Waals surface area contributed by atoms with E-state index >= 15 is 0 Å². The number of aliphatic carboxylic acids is 1. The molecule has 1 saturated carbocycles. The first-order valence-corrected chi connectivity index (χ1v) is 7.25. The summed E-state index contributed by atoms with van der Waals surface area (Å²) in [5.74, 6) is -1.22. The molecular formula is C13H23N3O4. The van der Waals surface area contributed by atoms with Gasteiger partial charge >= 0.3 is 12.0 Å². The van der Waals surface area contributed by atoms with E-state index in [2.05, 4.69) is 10.2 Å². The molecule has 1 aliphatic heterocycles. The van der Waals surface area contributed by atoms with Crippen molar-refractivity contribution in [2.75, 3.05) is 32.8 Å². The number of hydrogen-bond donors (Lipinski definition) is 3. The first-order valence-electron chi connectivity index (χ1n) is 7.25. The van der Waals surface area contributed by atoms with Crippen molar-refractivity contribution in [1.29, 1.82) is 0 Å². The predicted molar refractivity (Wildman–Crippen MR) is 72.4 cm³/mol. The lowest BCUT2D eigenvalue weighted by atomic mass is 10.2. The average molecular weight is 285 g/mol. The van der Waals surface area contributed by atoms with Crippen LogP contribution in [0.3, 0.4) is 0 Å². The Bertz CT molecular complexity index is 350. The van der Waals surface area contributed by atoms with E-state index in [1.54, 1.807) is 4.90 Å². The Morgan fingerprint density at radius 1 is 1.15 bits per heavy atom. The first kappa shape index (κ1) is 15.1. The number of aliphatic hydroxyl groups excluding tert-OH is 1. The van der Waals surface area contributed by atoms with Crippen molar-refractivity contribution in [2.24, 2.45) is 0 Å². The fourth-order valence-electron chi connectivity index (χ4n) is 2.99. The molecule has 2 amide bonds. The number of piperazine rings is 1. The van der Waals surface area contributed by atoms with Gasteiger partial charge in [-0.1, -0.05) is 12.8 Å². The van der Waals surface area contributed by atoms with E-state index in [9.17, 15) is 9.59 Å². The van der Waals surface area contributed by atoms with Crippen LogP contribution < -0.4 is 5.32 Å². The van der Waals surface area contributed by atoms with Crippen LogP contribution in [0.5, 0.6) is 0 Å². The molecule has 0 bridgehead atoms. The van der Waals surface area contributed by atoms with E-state index in [0.29, 0.717) is 19.1 Å². The number of aliphatic hydroxyl groups is 1. The number of carbonyl (C=O) groups is 2. The molecule has 0 aromatic carbocycles. The predicted octanol–water partition coefficient (Wildman–Crippen LogP) is -0.298. The number of amides is 2. The molecule has 0 unspecified atom stereocenters. The van der Waals surface area contributed by atoms with Gasteiger partial charge in [0.25, 0.3) is 0 Å². The normalized spacial score (nSPS) is 22.8. The number of hydrogen-bond acceptors (Lipinski definition) is 4. The molecule has 1 saturated heterocycles. The summed E-state index contributed by atoms with van der Waals surface area (Å²) in [5, 5.41) is 20.1. The summed E-state index contributed by atoms with van der Waals surface area (Å²) in [4.78, 5) is 26.7. The minimum absolute atomic E-state index is 0.405. The quantitative estimate of drug-likeness (QED) is 0.659. The lowest BCUT2D eigenvalue weighted by Gasteiger charge is -2.38. The molecule has 0 radical (unpaired) electrons. The van der Waals surface area contributed by atoms with Gasteiger partial charge in [0, 0.05) is 32.2 Å². The highest BCUT2D eigenvalue weighted by atomic mass is 16.4. The third-order valence-corrected chi connectivity index (χ3v) is 4.22. The fourth-order valence-corrected chi connectivity index (χ4v) is 2.99. The molecule has 3 N–H and O–H groups in total. The zero-order chi connectivity index (χ0) is 14.5. The molecule has 114 valence electrons. The summed E-state index contributed by atoms with van der Waals surface area (Å²) in [5.41, 5.74) is 0. The van der Waals surface area contributed by atoms with Crippen LogP contribution in [-0.2, 0) is 4.79 Å². The van der Waals surface area contributed by atoms with Crippen LogP contribution in [0.25, 0.3) is 0 Å². The van der Waals surface area contributed by atoms with E-state index in [-0.39, 0.29) is 0 Å². The van der Waals surface area contributed by atoms with E-state index in [1.165, 1.54) is 25.7 Å². The van der Waals surface area contributed by atoms with Crippen LogP contribution in [0.2, 0.25) is 0 Å². The van der Waals surface area contributed by atoms with Crippen LogP contribution >= 0.6 is 0 Å². The van der Waals surface area contributed by atoms with Gasteiger partial charge in [-0.05, 0) is 12.8 Å². The van der Waals surface area contributed by atoms with Crippen molar-refractivity contribution in [3.8, 4) is 0 Å². The number of nitrogens with one attached hydrogen (secondary N) is 1. The molecule has 0 aromatic rings. The SMILES string of the molecule is O=C(O)[C@@H](CO)NC(=O)N1CCN(C2CCCC2)CC1. The van der Waals surface area contributed by atoms with E-state index in [0.717, 1.165) is 13.1 Å². The molecule has 2 rings (SSSR count). The van der Waals surface area contributed by atoms with Gasteiger partial charge < -0.3 is 20.4 Å². The zero-order valence-corrected chi connectivity index (χ0v) is 11.6. The highest BCUT2D eigenvalue weighted by molar-refractivity contribution is 5.82. The van der Waals surface area contributed by atoms with Crippen molar-refractivity contribution in [1.82, 2.24) is 15.1 Å². The summed E-state index contributed by atoms with van der Waals surface area (Å²) in [6, 6.07) is -0.975. The zero-order valence-electron chi connectivity index (χ0n) is 11.6. The van der Waals surface area contributed by atoms with Crippen molar-refractivity contribution in [2.45, 2.75) is 37.8 Å². The van der Waals surface area contributed by atoms with E-state index in [4.69, 9.17) is 10.2 Å². The van der Waals surface area contributed by atoms with Crippen molar-refractivity contribution >= 4 is 12.0 Å². The Morgan fingerprint density at radius 3 is 2.25 bits per heavy atom. The largest absolute Gasteiger partial charge is 0.480 e. The van der Waals surface area contributed by atoms with Gasteiger partial charge in [0.2, 0.25) is 0 Å². The highest BCUT2D eigenvalue weighted by Crippen LogP contribution is 2.24. The summed E-state index contributed by atoms with van der Waals surface area (Å²) >= 11 is 0. The second-order valence-electron chi connectivity index (χ2n) is 5.48. The second kappa shape index (κ2) is 6.90. The van der Waals surface area contributed by atoms with Crippen molar-refractivity contribution in [3.63, 3.8) is 0 Å². The smallest absolute Gasteiger partial charge is 0.328 e. The van der Waals surface area contributed by atoms with Gasteiger partial charge in [-0.2, -0.15) is 0 Å². The lowest BCUT2D eigenvalue weighted by molar-refractivity contribution is -0.140. The monoisotopic (exact) mass is 285 g/mol. The van der Waals surface area contributed by atoms with Gasteiger partial charge in [0.15, 0.2) is 6.04 Å². The van der Waals surface area contributed by atoms with Gasteiger partial charge in [-0.15, -0.1) is 0 Å². The van der Waals surface area contributed by atoms with Crippen LogP contribution in [0, 0.1) is 0 Å². The molecule has 2 fully saturated rings. The summed E-state index contributed by atoms with van der Waals surface area (Å²) < 4.78 is 0. The number of nitrogens with zero attached hydrogens (tertiary/aromatic N) is 2. The number of rotatable bonds is 4. The average Bonchev–Trinajstić information content (AvgIpc) is 2.98. The molecule has 0 spiro atoms. The van der Waals surface area contributed by atoms with Crippen LogP contribution in [0.1, 0.15) is 25.7 Å². The Balaban J connectivity index is 1.77. The fraction of sp³-hybridized carbons (Fsp3) is 0.846. The summed E-state index contributed by atoms with van der Waals surface area (Å²) in [6.07, 6.45) is 5.08. The topological polar surface area (TPSA) is 93.1 Å². The van der Waals surface area contributed by atoms with Crippen molar-refractivity contribution < 1.29 is 19.8 Å². The van der Waals surface area contributed by atoms with Gasteiger partial charge in [-0.3, -0.25) is 4.90 Å². The van der Waals surface area contributed by atoms with Gasteiger partial charge in [0.1, 0.15) is 0 Å². The molecule has 1 atom stereocenters. The Hall–Kier alpha value is -1.34. The lowest BCUT2D eigenvalue weighted by Crippen LogP contribution is -2.56. The second-order valence-corrected chi connectivity index (χ2v) is 5.48. The molecular weight excluding hydrogens is 262 g/mol. The Morgan fingerprint density at radius 2 is 1.75 bits per heavy atom. The molecule has 20 heavy (non-hydrogen) atoms. The third-order valence-electron chi connectivity index (χ3n) is 4.22. The maximum Gasteiger partial charge on any atom is 0.328 e. The minimum Gasteiger partial charge on any atom is -0.480 e. The third kappa shape index (κ3) is 3.61. The summed E-state index contributed by atoms with van der Waals surface area (Å²) in [6.45, 7) is 2.31. The standard InChI is InChI=1S/C13H23N3O4/c17-9-11(12(18)19)14-13(20)16-7-5-15(6-8-16)10-3-1-2-4-10/h10-11,17H,1-9H2,(H,14,20)(H,18,19)/t11-/m1/s1. The highest BCUT2D eigenvalue weighted by Gasteiger charge is 2.29. The molecule has 7 nitrogen and oxygen atoms in total. The summed E-state index contributed by atoms with van der Waals surface area (Å²) in [7, 11) is 0.